The third kappa shape index (κ3) is 5.76. The predicted molar refractivity (Wildman–Crippen MR) is 89.5 cm³/mol. The minimum Gasteiger partial charge on any atom is -0.309 e. The Morgan fingerprint density at radius 3 is 2.15 bits per heavy atom. The Labute approximate surface area is 126 Å². The van der Waals surface area contributed by atoms with Crippen molar-refractivity contribution in [1.29, 1.82) is 0 Å². The van der Waals surface area contributed by atoms with Gasteiger partial charge in [-0.2, -0.15) is 0 Å². The fourth-order valence-electron chi connectivity index (χ4n) is 2.23. The van der Waals surface area contributed by atoms with Gasteiger partial charge in [0.1, 0.15) is 0 Å². The molecular weight excluding hydrogens is 266 g/mol. The molecule has 0 aliphatic carbocycles. The van der Waals surface area contributed by atoms with Crippen LogP contribution in [0.15, 0.2) is 24.3 Å². The topological polar surface area (TPSA) is 29.1 Å². The normalized spacial score (nSPS) is 14.8. The van der Waals surface area contributed by atoms with Gasteiger partial charge < -0.3 is 5.32 Å². The minimum atomic E-state index is -0.781. The minimum absolute atomic E-state index is 0.191. The lowest BCUT2D eigenvalue weighted by Gasteiger charge is -2.19. The summed E-state index contributed by atoms with van der Waals surface area (Å²) in [5.41, 5.74) is 2.62. The number of hydrogen-bond donors (Lipinski definition) is 1. The first kappa shape index (κ1) is 17.4. The zero-order valence-corrected chi connectivity index (χ0v) is 14.3. The molecule has 0 saturated heterocycles. The summed E-state index contributed by atoms with van der Waals surface area (Å²) in [5, 5.41) is 3.67. The SMILES string of the molecule is CCNC(CS(=O)C(C)C)c1ccc(CC(C)C)cc1. The van der Waals surface area contributed by atoms with E-state index >= 15 is 0 Å². The van der Waals surface area contributed by atoms with E-state index in [9.17, 15) is 4.21 Å². The molecule has 0 spiro atoms. The van der Waals surface area contributed by atoms with Gasteiger partial charge in [0.2, 0.25) is 0 Å². The molecule has 0 radical (unpaired) electrons. The first-order valence-electron chi connectivity index (χ1n) is 7.63. The van der Waals surface area contributed by atoms with Crippen LogP contribution >= 0.6 is 0 Å². The van der Waals surface area contributed by atoms with Crippen LogP contribution in [-0.2, 0) is 17.2 Å². The molecule has 0 aromatic heterocycles. The number of benzene rings is 1. The van der Waals surface area contributed by atoms with Crippen molar-refractivity contribution in [3.63, 3.8) is 0 Å². The lowest BCUT2D eigenvalue weighted by Crippen LogP contribution is -2.28. The second-order valence-corrected chi connectivity index (χ2v) is 8.08. The number of rotatable bonds is 8. The summed E-state index contributed by atoms with van der Waals surface area (Å²) >= 11 is 0. The summed E-state index contributed by atoms with van der Waals surface area (Å²) in [5.74, 6) is 1.37. The molecule has 0 amide bonds. The molecule has 2 nitrogen and oxygen atoms in total. The number of hydrogen-bond acceptors (Lipinski definition) is 2. The van der Waals surface area contributed by atoms with Gasteiger partial charge in [0.25, 0.3) is 0 Å². The lowest BCUT2D eigenvalue weighted by atomic mass is 10.00. The van der Waals surface area contributed by atoms with Gasteiger partial charge in [-0.25, -0.2) is 0 Å². The molecule has 0 heterocycles. The average Bonchev–Trinajstić information content (AvgIpc) is 2.38. The summed E-state index contributed by atoms with van der Waals surface area (Å²) < 4.78 is 12.1. The Morgan fingerprint density at radius 1 is 1.10 bits per heavy atom. The average molecular weight is 295 g/mol. The van der Waals surface area contributed by atoms with Crippen molar-refractivity contribution in [1.82, 2.24) is 5.32 Å². The highest BCUT2D eigenvalue weighted by Gasteiger charge is 2.16. The standard InChI is InChI=1S/C17H29NOS/c1-6-18-17(12-20(19)14(4)5)16-9-7-15(8-10-16)11-13(2)3/h7-10,13-14,17-18H,6,11-12H2,1-5H3. The monoisotopic (exact) mass is 295 g/mol. The summed E-state index contributed by atoms with van der Waals surface area (Å²) in [6.07, 6.45) is 1.12. The molecular formula is C17H29NOS. The fourth-order valence-corrected chi connectivity index (χ4v) is 3.26. The molecule has 114 valence electrons. The molecule has 0 bridgehead atoms. The van der Waals surface area contributed by atoms with E-state index in [1.807, 2.05) is 13.8 Å². The molecule has 0 aliphatic rings. The van der Waals surface area contributed by atoms with Gasteiger partial charge in [0.15, 0.2) is 0 Å². The molecule has 0 saturated carbocycles. The molecule has 20 heavy (non-hydrogen) atoms. The Hall–Kier alpha value is -0.670. The first-order chi connectivity index (χ1) is 9.43. The van der Waals surface area contributed by atoms with E-state index in [0.717, 1.165) is 13.0 Å². The third-order valence-electron chi connectivity index (χ3n) is 3.33. The maximum absolute atomic E-state index is 12.1. The third-order valence-corrected chi connectivity index (χ3v) is 5.05. The van der Waals surface area contributed by atoms with Gasteiger partial charge in [-0.3, -0.25) is 4.21 Å². The fraction of sp³-hybridized carbons (Fsp3) is 0.647. The van der Waals surface area contributed by atoms with Gasteiger partial charge in [0.05, 0.1) is 0 Å². The Balaban J connectivity index is 2.78. The molecule has 1 rings (SSSR count). The van der Waals surface area contributed by atoms with Crippen LogP contribution in [0.5, 0.6) is 0 Å². The van der Waals surface area contributed by atoms with Crippen molar-refractivity contribution in [3.05, 3.63) is 35.4 Å². The van der Waals surface area contributed by atoms with E-state index in [1.165, 1.54) is 11.1 Å². The van der Waals surface area contributed by atoms with Crippen molar-refractivity contribution in [2.24, 2.45) is 5.92 Å². The van der Waals surface area contributed by atoms with Crippen LogP contribution in [-0.4, -0.2) is 21.8 Å². The Kier molecular flexibility index (Phi) is 7.46. The molecule has 1 aromatic carbocycles. The molecule has 3 heteroatoms. The van der Waals surface area contributed by atoms with E-state index < -0.39 is 10.8 Å². The van der Waals surface area contributed by atoms with Crippen LogP contribution in [0.2, 0.25) is 0 Å². The molecule has 2 atom stereocenters. The van der Waals surface area contributed by atoms with Gasteiger partial charge in [-0.05, 0) is 30.0 Å². The summed E-state index contributed by atoms with van der Waals surface area (Å²) in [6.45, 7) is 11.5. The van der Waals surface area contributed by atoms with Crippen LogP contribution in [0.1, 0.15) is 51.8 Å². The molecule has 1 aromatic rings. The second-order valence-electron chi connectivity index (χ2n) is 6.05. The largest absolute Gasteiger partial charge is 0.309 e. The van der Waals surface area contributed by atoms with Crippen LogP contribution in [0.4, 0.5) is 0 Å². The van der Waals surface area contributed by atoms with Crippen LogP contribution in [0, 0.1) is 5.92 Å². The lowest BCUT2D eigenvalue weighted by molar-refractivity contribution is 0.591. The highest BCUT2D eigenvalue weighted by molar-refractivity contribution is 7.85. The predicted octanol–water partition coefficient (Wildman–Crippen LogP) is 3.69. The van der Waals surface area contributed by atoms with Crippen LogP contribution in [0.3, 0.4) is 0 Å². The molecule has 1 N–H and O–H groups in total. The molecule has 2 unspecified atom stereocenters. The molecule has 0 aliphatic heterocycles. The van der Waals surface area contributed by atoms with E-state index in [2.05, 4.69) is 50.4 Å². The van der Waals surface area contributed by atoms with E-state index in [-0.39, 0.29) is 11.3 Å². The number of nitrogens with one attached hydrogen (secondary N) is 1. The van der Waals surface area contributed by atoms with Crippen LogP contribution in [0.25, 0.3) is 0 Å². The van der Waals surface area contributed by atoms with Crippen molar-refractivity contribution < 1.29 is 4.21 Å². The van der Waals surface area contributed by atoms with E-state index in [1.54, 1.807) is 0 Å². The summed E-state index contributed by atoms with van der Waals surface area (Å²) in [4.78, 5) is 0. The van der Waals surface area contributed by atoms with E-state index in [0.29, 0.717) is 11.7 Å². The maximum atomic E-state index is 12.1. The quantitative estimate of drug-likeness (QED) is 0.792. The maximum Gasteiger partial charge on any atom is 0.0436 e. The second kappa shape index (κ2) is 8.58. The van der Waals surface area contributed by atoms with Crippen molar-refractivity contribution in [3.8, 4) is 0 Å². The van der Waals surface area contributed by atoms with E-state index in [4.69, 9.17) is 0 Å². The van der Waals surface area contributed by atoms with Gasteiger partial charge in [-0.1, -0.05) is 58.9 Å². The summed E-state index contributed by atoms with van der Waals surface area (Å²) in [7, 11) is -0.781. The Morgan fingerprint density at radius 2 is 1.70 bits per heavy atom. The zero-order chi connectivity index (χ0) is 15.1. The zero-order valence-electron chi connectivity index (χ0n) is 13.5. The van der Waals surface area contributed by atoms with Gasteiger partial charge >= 0.3 is 0 Å². The summed E-state index contributed by atoms with van der Waals surface area (Å²) in [6, 6.07) is 8.97. The highest BCUT2D eigenvalue weighted by atomic mass is 32.2. The van der Waals surface area contributed by atoms with Crippen LogP contribution < -0.4 is 5.32 Å². The van der Waals surface area contributed by atoms with Gasteiger partial charge in [-0.15, -0.1) is 0 Å². The van der Waals surface area contributed by atoms with Crippen molar-refractivity contribution in [2.75, 3.05) is 12.3 Å². The first-order valence-corrected chi connectivity index (χ1v) is 9.01. The van der Waals surface area contributed by atoms with Gasteiger partial charge in [0, 0.05) is 27.8 Å². The van der Waals surface area contributed by atoms with Crippen molar-refractivity contribution in [2.45, 2.75) is 52.3 Å². The Bertz CT molecular complexity index is 412. The smallest absolute Gasteiger partial charge is 0.0436 e. The van der Waals surface area contributed by atoms with Crippen molar-refractivity contribution >= 4 is 10.8 Å². The highest BCUT2D eigenvalue weighted by Crippen LogP contribution is 2.18. The molecule has 0 fully saturated rings.